The number of anilines is 2. The number of hydrogen-bond donors (Lipinski definition) is 2. The van der Waals surface area contributed by atoms with Crippen molar-refractivity contribution in [1.29, 1.82) is 0 Å². The van der Waals surface area contributed by atoms with Crippen LogP contribution in [0.25, 0.3) is 44.1 Å². The average Bonchev–Trinajstić information content (AvgIpc) is 3.64. The molecule has 0 atom stereocenters. The number of rotatable bonds is 10. The number of carbonyl (C=O) groups is 2. The molecule has 0 saturated carbocycles. The Morgan fingerprint density at radius 1 is 0.540 bits per heavy atom. The number of pyridine rings is 4. The first kappa shape index (κ1) is 30.5. The van der Waals surface area contributed by atoms with Crippen LogP contribution in [-0.4, -0.2) is 93.7 Å². The SMILES string of the molecule is O=C1c2cnccc2-c2c1c(NCCCN1CCN(CCCNc3nc4ccccc4c4c3C(=O)c3cnccc3-4)CC1)nc1ccccc21. The lowest BCUT2D eigenvalue weighted by Gasteiger charge is -2.34. The quantitative estimate of drug-likeness (QED) is 0.171. The fraction of sp³-hybridized carbons (Fsp3) is 0.250. The summed E-state index contributed by atoms with van der Waals surface area (Å²) in [6.07, 6.45) is 8.73. The van der Waals surface area contributed by atoms with Gasteiger partial charge in [-0.25, -0.2) is 9.97 Å². The van der Waals surface area contributed by atoms with E-state index in [0.717, 1.165) is 109 Å². The van der Waals surface area contributed by atoms with E-state index in [2.05, 4.69) is 30.4 Å². The van der Waals surface area contributed by atoms with Gasteiger partial charge in [0.1, 0.15) is 11.6 Å². The number of ketones is 2. The molecule has 10 nitrogen and oxygen atoms in total. The van der Waals surface area contributed by atoms with E-state index in [1.54, 1.807) is 24.8 Å². The molecule has 0 radical (unpaired) electrons. The minimum absolute atomic E-state index is 0.00998. The number of benzene rings is 2. The van der Waals surface area contributed by atoms with Crippen molar-refractivity contribution >= 4 is 45.0 Å². The predicted octanol–water partition coefficient (Wildman–Crippen LogP) is 5.92. The number of nitrogens with one attached hydrogen (secondary N) is 2. The van der Waals surface area contributed by atoms with Crippen LogP contribution < -0.4 is 10.6 Å². The van der Waals surface area contributed by atoms with Crippen LogP contribution in [0.3, 0.4) is 0 Å². The second-order valence-electron chi connectivity index (χ2n) is 13.2. The zero-order chi connectivity index (χ0) is 33.6. The number of carbonyl (C=O) groups excluding carboxylic acids is 2. The van der Waals surface area contributed by atoms with Gasteiger partial charge in [-0.3, -0.25) is 19.6 Å². The molecule has 0 unspecified atom stereocenters. The van der Waals surface area contributed by atoms with Gasteiger partial charge in [-0.15, -0.1) is 0 Å². The molecule has 9 rings (SSSR count). The lowest BCUT2D eigenvalue weighted by atomic mass is 10.0. The Balaban J connectivity index is 0.772. The van der Waals surface area contributed by atoms with Gasteiger partial charge in [0.25, 0.3) is 0 Å². The number of hydrogen-bond acceptors (Lipinski definition) is 10. The average molecular weight is 661 g/mol. The predicted molar refractivity (Wildman–Crippen MR) is 196 cm³/mol. The topological polar surface area (TPSA) is 116 Å². The minimum Gasteiger partial charge on any atom is -0.369 e. The number of para-hydroxylation sites is 2. The molecule has 2 aliphatic carbocycles. The zero-order valence-electron chi connectivity index (χ0n) is 27.7. The van der Waals surface area contributed by atoms with Crippen LogP contribution in [0.5, 0.6) is 0 Å². The summed E-state index contributed by atoms with van der Waals surface area (Å²) in [5.74, 6) is 1.30. The Labute approximate surface area is 289 Å². The second-order valence-corrected chi connectivity index (χ2v) is 13.2. The number of fused-ring (bicyclic) bond motifs is 10. The molecule has 0 amide bonds. The molecule has 5 heterocycles. The molecule has 0 bridgehead atoms. The van der Waals surface area contributed by atoms with E-state index >= 15 is 0 Å². The summed E-state index contributed by atoms with van der Waals surface area (Å²) in [7, 11) is 0. The van der Waals surface area contributed by atoms with Crippen molar-refractivity contribution < 1.29 is 9.59 Å². The third-order valence-corrected chi connectivity index (χ3v) is 10.3. The number of piperazine rings is 1. The van der Waals surface area contributed by atoms with Crippen molar-refractivity contribution in [3.8, 4) is 22.3 Å². The van der Waals surface area contributed by atoms with Crippen LogP contribution in [0, 0.1) is 0 Å². The van der Waals surface area contributed by atoms with Crippen molar-refractivity contribution in [1.82, 2.24) is 29.7 Å². The van der Waals surface area contributed by atoms with Crippen LogP contribution in [0.4, 0.5) is 11.6 Å². The Morgan fingerprint density at radius 2 is 0.980 bits per heavy atom. The van der Waals surface area contributed by atoms with Crippen molar-refractivity contribution in [2.45, 2.75) is 12.8 Å². The van der Waals surface area contributed by atoms with Crippen LogP contribution in [0.2, 0.25) is 0 Å². The van der Waals surface area contributed by atoms with Crippen LogP contribution in [0.15, 0.2) is 85.5 Å². The molecule has 3 aliphatic rings. The van der Waals surface area contributed by atoms with Gasteiger partial charge in [0.15, 0.2) is 11.6 Å². The fourth-order valence-corrected chi connectivity index (χ4v) is 7.79. The first-order chi connectivity index (χ1) is 24.7. The highest BCUT2D eigenvalue weighted by Gasteiger charge is 2.33. The van der Waals surface area contributed by atoms with E-state index < -0.39 is 0 Å². The van der Waals surface area contributed by atoms with Gasteiger partial charge in [0.05, 0.1) is 22.2 Å². The molecule has 1 saturated heterocycles. The van der Waals surface area contributed by atoms with Gasteiger partial charge in [-0.1, -0.05) is 36.4 Å². The Morgan fingerprint density at radius 3 is 1.44 bits per heavy atom. The Bertz CT molecular complexity index is 2150. The van der Waals surface area contributed by atoms with E-state index in [1.807, 2.05) is 60.7 Å². The molecular weight excluding hydrogens is 624 g/mol. The smallest absolute Gasteiger partial charge is 0.199 e. The summed E-state index contributed by atoms with van der Waals surface area (Å²) in [4.78, 5) is 50.0. The maximum Gasteiger partial charge on any atom is 0.199 e. The molecule has 2 aromatic carbocycles. The molecule has 248 valence electrons. The van der Waals surface area contributed by atoms with E-state index in [0.29, 0.717) is 33.9 Å². The third-order valence-electron chi connectivity index (χ3n) is 10.3. The standard InChI is InChI=1S/C40H36N8O2/c49-37-29-23-41-15-11-25(29)33-27-7-1-3-9-31(27)45-39(35(33)37)43-13-5-17-47-19-21-48(22-20-47)18-6-14-44-40-36-34(28-8-2-4-10-32(28)46-40)26-12-16-42-24-30(26)38(36)50/h1-4,7-12,15-16,23-24H,5-6,13-14,17-22H2,(H,43,45)(H,44,46). The van der Waals surface area contributed by atoms with Crippen molar-refractivity contribution in [2.75, 3.05) is 63.0 Å². The van der Waals surface area contributed by atoms with Crippen LogP contribution >= 0.6 is 0 Å². The third kappa shape index (κ3) is 5.19. The first-order valence-corrected chi connectivity index (χ1v) is 17.4. The normalized spacial score (nSPS) is 15.3. The Hall–Kier alpha value is -5.58. The van der Waals surface area contributed by atoms with Crippen molar-refractivity contribution in [3.05, 3.63) is 108 Å². The lowest BCUT2D eigenvalue weighted by molar-refractivity contribution is 0.103. The second kappa shape index (κ2) is 12.7. The van der Waals surface area contributed by atoms with Crippen LogP contribution in [-0.2, 0) is 0 Å². The summed E-state index contributed by atoms with van der Waals surface area (Å²) < 4.78 is 0. The molecule has 0 spiro atoms. The van der Waals surface area contributed by atoms with Crippen LogP contribution in [0.1, 0.15) is 44.7 Å². The molecule has 1 fully saturated rings. The highest BCUT2D eigenvalue weighted by atomic mass is 16.1. The summed E-state index contributed by atoms with van der Waals surface area (Å²) in [6.45, 7) is 7.56. The molecule has 6 aromatic rings. The summed E-state index contributed by atoms with van der Waals surface area (Å²) >= 11 is 0. The van der Waals surface area contributed by atoms with Gasteiger partial charge in [0.2, 0.25) is 0 Å². The highest BCUT2D eigenvalue weighted by Crippen LogP contribution is 2.44. The summed E-state index contributed by atoms with van der Waals surface area (Å²) in [5, 5.41) is 9.00. The number of aromatic nitrogens is 4. The maximum absolute atomic E-state index is 13.4. The largest absolute Gasteiger partial charge is 0.369 e. The molecule has 1 aliphatic heterocycles. The van der Waals surface area contributed by atoms with Crippen molar-refractivity contribution in [3.63, 3.8) is 0 Å². The monoisotopic (exact) mass is 660 g/mol. The van der Waals surface area contributed by atoms with Gasteiger partial charge < -0.3 is 20.4 Å². The summed E-state index contributed by atoms with van der Waals surface area (Å²) in [5.41, 5.74) is 8.15. The summed E-state index contributed by atoms with van der Waals surface area (Å²) in [6, 6.07) is 19.9. The highest BCUT2D eigenvalue weighted by molar-refractivity contribution is 6.28. The van der Waals surface area contributed by atoms with E-state index in [1.165, 1.54) is 0 Å². The zero-order valence-corrected chi connectivity index (χ0v) is 27.7. The molecule has 4 aromatic heterocycles. The van der Waals surface area contributed by atoms with Gasteiger partial charge >= 0.3 is 0 Å². The lowest BCUT2D eigenvalue weighted by Crippen LogP contribution is -2.47. The fourth-order valence-electron chi connectivity index (χ4n) is 7.79. The van der Waals surface area contributed by atoms with Gasteiger partial charge in [-0.2, -0.15) is 0 Å². The molecule has 50 heavy (non-hydrogen) atoms. The van der Waals surface area contributed by atoms with Crippen molar-refractivity contribution in [2.24, 2.45) is 0 Å². The van der Waals surface area contributed by atoms with E-state index in [4.69, 9.17) is 9.97 Å². The van der Waals surface area contributed by atoms with Gasteiger partial charge in [0, 0.05) is 97.1 Å². The molecular formula is C40H36N8O2. The maximum atomic E-state index is 13.4. The Kier molecular flexibility index (Phi) is 7.74. The first-order valence-electron chi connectivity index (χ1n) is 17.4. The van der Waals surface area contributed by atoms with E-state index in [-0.39, 0.29) is 11.6 Å². The minimum atomic E-state index is -0.00998. The number of nitrogens with zero attached hydrogens (tertiary/aromatic N) is 6. The molecule has 10 heteroatoms. The van der Waals surface area contributed by atoms with E-state index in [9.17, 15) is 9.59 Å². The molecule has 2 N–H and O–H groups in total. The van der Waals surface area contributed by atoms with Gasteiger partial charge in [-0.05, 0) is 61.3 Å².